The van der Waals surface area contributed by atoms with Gasteiger partial charge in [0.05, 0.1) is 24.6 Å². The molecule has 4 rings (SSSR count). The Bertz CT molecular complexity index is 1130. The molecule has 1 aromatic heterocycles. The molecule has 2 aliphatic rings. The maximum Gasteiger partial charge on any atom is 0.343 e. The van der Waals surface area contributed by atoms with Crippen LogP contribution in [0.4, 0.5) is 13.6 Å². The van der Waals surface area contributed by atoms with E-state index in [4.69, 9.17) is 4.74 Å². The monoisotopic (exact) mass is 489 g/mol. The maximum absolute atomic E-state index is 13.9. The van der Waals surface area contributed by atoms with Crippen molar-refractivity contribution in [2.45, 2.75) is 52.3 Å². The highest BCUT2D eigenvalue weighted by Gasteiger charge is 2.39. The van der Waals surface area contributed by atoms with E-state index in [0.717, 1.165) is 18.6 Å². The lowest BCUT2D eigenvalue weighted by Gasteiger charge is -2.33. The van der Waals surface area contributed by atoms with Gasteiger partial charge in [-0.3, -0.25) is 4.79 Å². The summed E-state index contributed by atoms with van der Waals surface area (Å²) in [5.74, 6) is -2.08. The van der Waals surface area contributed by atoms with E-state index in [1.807, 2.05) is 34.9 Å². The number of halogens is 2. The summed E-state index contributed by atoms with van der Waals surface area (Å²) in [6.45, 7) is 7.60. The number of amides is 2. The average Bonchev–Trinajstić information content (AvgIpc) is 3.44. The van der Waals surface area contributed by atoms with Gasteiger partial charge < -0.3 is 19.9 Å². The van der Waals surface area contributed by atoms with Gasteiger partial charge in [-0.1, -0.05) is 20.8 Å². The van der Waals surface area contributed by atoms with Crippen molar-refractivity contribution in [3.8, 4) is 11.3 Å². The van der Waals surface area contributed by atoms with Crippen LogP contribution in [0.1, 0.15) is 38.4 Å². The summed E-state index contributed by atoms with van der Waals surface area (Å²) in [6.07, 6.45) is 1.32. The molecule has 0 aliphatic carbocycles. The number of aromatic nitrogens is 2. The zero-order valence-electron chi connectivity index (χ0n) is 20.9. The van der Waals surface area contributed by atoms with Crippen LogP contribution >= 0.6 is 0 Å². The molecule has 1 saturated heterocycles. The van der Waals surface area contributed by atoms with Crippen LogP contribution in [0.15, 0.2) is 18.2 Å². The molecular formula is C25H33F2N5O3. The molecule has 2 amide bonds. The van der Waals surface area contributed by atoms with Crippen LogP contribution in [0.3, 0.4) is 0 Å². The molecule has 35 heavy (non-hydrogen) atoms. The Labute approximate surface area is 204 Å². The van der Waals surface area contributed by atoms with Crippen molar-refractivity contribution in [2.75, 3.05) is 33.8 Å². The SMILES string of the molecule is CN(C)C1CCN(C(=O)[C@@H](NC(=O)n2nc(-c3ccc(F)c(F)c3)c3c2CCOC3)C(C)(C)C)C1. The molecule has 10 heteroatoms. The summed E-state index contributed by atoms with van der Waals surface area (Å²) in [6, 6.07) is 2.51. The molecule has 1 aromatic carbocycles. The highest BCUT2D eigenvalue weighted by molar-refractivity contribution is 5.89. The van der Waals surface area contributed by atoms with Crippen molar-refractivity contribution in [3.63, 3.8) is 0 Å². The number of fused-ring (bicyclic) bond motifs is 1. The Balaban J connectivity index is 1.63. The van der Waals surface area contributed by atoms with Gasteiger partial charge in [0.2, 0.25) is 5.91 Å². The predicted octanol–water partition coefficient (Wildman–Crippen LogP) is 3.04. The normalized spacial score (nSPS) is 19.1. The Morgan fingerprint density at radius 3 is 2.60 bits per heavy atom. The second-order valence-electron chi connectivity index (χ2n) is 10.6. The standard InChI is InChI=1S/C25H33F2N5O3/c1-25(2,3)22(23(33)31-10-8-16(13-31)30(4)5)28-24(34)32-20-9-11-35-14-17(20)21(29-32)15-6-7-18(26)19(27)12-15/h6-7,12,16,22H,8-11,13-14H2,1-5H3,(H,28,34)/t16?,22-/m1/s1. The third kappa shape index (κ3) is 5.08. The molecule has 2 atom stereocenters. The molecule has 1 unspecified atom stereocenters. The van der Waals surface area contributed by atoms with Crippen molar-refractivity contribution in [1.82, 2.24) is 24.9 Å². The summed E-state index contributed by atoms with van der Waals surface area (Å²) in [7, 11) is 3.99. The van der Waals surface area contributed by atoms with E-state index < -0.39 is 29.1 Å². The number of carbonyl (C=O) groups excluding carboxylic acids is 2. The molecule has 2 aliphatic heterocycles. The first-order chi connectivity index (χ1) is 16.5. The maximum atomic E-state index is 13.9. The van der Waals surface area contributed by atoms with Crippen LogP contribution in [-0.4, -0.2) is 77.4 Å². The molecule has 1 fully saturated rings. The molecule has 3 heterocycles. The van der Waals surface area contributed by atoms with E-state index in [-0.39, 0.29) is 18.6 Å². The van der Waals surface area contributed by atoms with E-state index in [1.165, 1.54) is 10.7 Å². The Kier molecular flexibility index (Phi) is 6.97. The van der Waals surface area contributed by atoms with E-state index >= 15 is 0 Å². The van der Waals surface area contributed by atoms with Gasteiger partial charge in [0.25, 0.3) is 0 Å². The Morgan fingerprint density at radius 2 is 1.97 bits per heavy atom. The number of hydrogen-bond donors (Lipinski definition) is 1. The minimum absolute atomic E-state index is 0.125. The summed E-state index contributed by atoms with van der Waals surface area (Å²) >= 11 is 0. The van der Waals surface area contributed by atoms with E-state index in [1.54, 1.807) is 4.90 Å². The van der Waals surface area contributed by atoms with Gasteiger partial charge in [-0.15, -0.1) is 0 Å². The van der Waals surface area contributed by atoms with Crippen LogP contribution in [0.2, 0.25) is 0 Å². The molecule has 0 saturated carbocycles. The van der Waals surface area contributed by atoms with Crippen LogP contribution < -0.4 is 5.32 Å². The number of ether oxygens (including phenoxy) is 1. The van der Waals surface area contributed by atoms with E-state index in [2.05, 4.69) is 15.3 Å². The van der Waals surface area contributed by atoms with Gasteiger partial charge in [-0.05, 0) is 44.1 Å². The van der Waals surface area contributed by atoms with Crippen molar-refractivity contribution in [2.24, 2.45) is 5.41 Å². The molecule has 2 aromatic rings. The first kappa shape index (κ1) is 25.2. The van der Waals surface area contributed by atoms with Crippen LogP contribution in [-0.2, 0) is 22.6 Å². The number of likely N-dealkylation sites (N-methyl/N-ethyl adjacent to an activating group) is 1. The fraction of sp³-hybridized carbons (Fsp3) is 0.560. The fourth-order valence-electron chi connectivity index (χ4n) is 4.66. The highest BCUT2D eigenvalue weighted by Crippen LogP contribution is 2.30. The summed E-state index contributed by atoms with van der Waals surface area (Å²) in [5.41, 5.74) is 1.47. The van der Waals surface area contributed by atoms with Gasteiger partial charge >= 0.3 is 6.03 Å². The predicted molar refractivity (Wildman–Crippen MR) is 127 cm³/mol. The summed E-state index contributed by atoms with van der Waals surface area (Å²) in [4.78, 5) is 30.9. The molecule has 190 valence electrons. The molecule has 0 bridgehead atoms. The number of hydrogen-bond acceptors (Lipinski definition) is 5. The summed E-state index contributed by atoms with van der Waals surface area (Å²) in [5, 5.41) is 7.38. The molecule has 0 spiro atoms. The lowest BCUT2D eigenvalue weighted by molar-refractivity contribution is -0.134. The Hall–Kier alpha value is -2.85. The topological polar surface area (TPSA) is 79.7 Å². The van der Waals surface area contributed by atoms with Gasteiger partial charge in [0.15, 0.2) is 11.6 Å². The third-order valence-electron chi connectivity index (χ3n) is 6.79. The molecule has 1 N–H and O–H groups in total. The number of likely N-dealkylation sites (tertiary alicyclic amines) is 1. The molecule has 8 nitrogen and oxygen atoms in total. The first-order valence-electron chi connectivity index (χ1n) is 11.9. The van der Waals surface area contributed by atoms with Crippen molar-refractivity contribution >= 4 is 11.9 Å². The van der Waals surface area contributed by atoms with Crippen LogP contribution in [0, 0.1) is 17.0 Å². The average molecular weight is 490 g/mol. The largest absolute Gasteiger partial charge is 0.376 e. The van der Waals surface area contributed by atoms with Gasteiger partial charge in [0.1, 0.15) is 6.04 Å². The van der Waals surface area contributed by atoms with Crippen LogP contribution in [0.25, 0.3) is 11.3 Å². The van der Waals surface area contributed by atoms with Gasteiger partial charge in [-0.2, -0.15) is 9.78 Å². The van der Waals surface area contributed by atoms with Crippen LogP contribution in [0.5, 0.6) is 0 Å². The summed E-state index contributed by atoms with van der Waals surface area (Å²) < 4.78 is 34.2. The Morgan fingerprint density at radius 1 is 1.23 bits per heavy atom. The number of rotatable bonds is 4. The van der Waals surface area contributed by atoms with E-state index in [0.29, 0.717) is 48.6 Å². The lowest BCUT2D eigenvalue weighted by atomic mass is 9.86. The van der Waals surface area contributed by atoms with Crippen molar-refractivity contribution < 1.29 is 23.1 Å². The zero-order valence-corrected chi connectivity index (χ0v) is 20.9. The smallest absolute Gasteiger partial charge is 0.343 e. The fourth-order valence-corrected chi connectivity index (χ4v) is 4.66. The number of nitrogens with one attached hydrogen (secondary N) is 1. The zero-order chi connectivity index (χ0) is 25.5. The number of nitrogens with zero attached hydrogens (tertiary/aromatic N) is 4. The second kappa shape index (κ2) is 9.66. The quantitative estimate of drug-likeness (QED) is 0.714. The second-order valence-corrected chi connectivity index (χ2v) is 10.6. The minimum atomic E-state index is -0.994. The molecule has 0 radical (unpaired) electrons. The molecular weight excluding hydrogens is 456 g/mol. The van der Waals surface area contributed by atoms with E-state index in [9.17, 15) is 18.4 Å². The first-order valence-corrected chi connectivity index (χ1v) is 11.9. The van der Waals surface area contributed by atoms with Crippen molar-refractivity contribution in [3.05, 3.63) is 41.1 Å². The van der Waals surface area contributed by atoms with Gasteiger partial charge in [-0.25, -0.2) is 13.6 Å². The third-order valence-corrected chi connectivity index (χ3v) is 6.79. The minimum Gasteiger partial charge on any atom is -0.376 e. The number of benzene rings is 1. The van der Waals surface area contributed by atoms with Gasteiger partial charge in [0, 0.05) is 36.7 Å². The lowest BCUT2D eigenvalue weighted by Crippen LogP contribution is -2.55. The highest BCUT2D eigenvalue weighted by atomic mass is 19.2. The van der Waals surface area contributed by atoms with Crippen molar-refractivity contribution in [1.29, 1.82) is 0 Å². The number of carbonyl (C=O) groups is 2.